The van der Waals surface area contributed by atoms with Crippen LogP contribution < -0.4 is 14.2 Å². The number of hydrogen-bond acceptors (Lipinski definition) is 8. The molecule has 1 atom stereocenters. The predicted molar refractivity (Wildman–Crippen MR) is 137 cm³/mol. The van der Waals surface area contributed by atoms with Crippen LogP contribution in [0.5, 0.6) is 11.5 Å². The zero-order valence-corrected chi connectivity index (χ0v) is 21.9. The lowest BCUT2D eigenvalue weighted by Gasteiger charge is -2.29. The fraction of sp³-hybridized carbons (Fsp3) is 0.292. The van der Waals surface area contributed by atoms with Gasteiger partial charge in [0.1, 0.15) is 25.0 Å². The first-order chi connectivity index (χ1) is 17.1. The summed E-state index contributed by atoms with van der Waals surface area (Å²) in [6, 6.07) is 14.1. The van der Waals surface area contributed by atoms with E-state index in [2.05, 4.69) is 20.8 Å². The molecule has 0 aliphatic carbocycles. The van der Waals surface area contributed by atoms with Gasteiger partial charge in [0.25, 0.3) is 0 Å². The van der Waals surface area contributed by atoms with Crippen LogP contribution in [-0.2, 0) is 22.0 Å². The second-order valence-corrected chi connectivity index (χ2v) is 10.6. The van der Waals surface area contributed by atoms with Crippen LogP contribution in [-0.4, -0.2) is 48.8 Å². The molecule has 2 aromatic carbocycles. The van der Waals surface area contributed by atoms with Gasteiger partial charge in [-0.3, -0.25) is 4.72 Å². The molecule has 0 amide bonds. The monoisotopic (exact) mass is 550 g/mol. The van der Waals surface area contributed by atoms with E-state index in [1.807, 2.05) is 6.92 Å². The minimum absolute atomic E-state index is 0.0397. The number of alkyl halides is 1. The normalized spacial score (nSPS) is 12.9. The van der Waals surface area contributed by atoms with Crippen molar-refractivity contribution in [1.82, 2.24) is 9.97 Å². The van der Waals surface area contributed by atoms with Gasteiger partial charge in [-0.25, -0.2) is 18.4 Å². The van der Waals surface area contributed by atoms with Crippen molar-refractivity contribution < 1.29 is 23.0 Å². The quantitative estimate of drug-likeness (QED) is 0.343. The average molecular weight is 551 g/mol. The molecule has 190 valence electrons. The molecule has 36 heavy (non-hydrogen) atoms. The highest BCUT2D eigenvalue weighted by molar-refractivity contribution is 7.91. The van der Waals surface area contributed by atoms with E-state index in [4.69, 9.17) is 32.7 Å². The van der Waals surface area contributed by atoms with Gasteiger partial charge in [0.05, 0.1) is 35.0 Å². The highest BCUT2D eigenvalue weighted by Crippen LogP contribution is 2.38. The number of halogens is 2. The molecule has 3 aromatic rings. The average Bonchev–Trinajstić information content (AvgIpc) is 2.85. The summed E-state index contributed by atoms with van der Waals surface area (Å²) >= 11 is 12.1. The van der Waals surface area contributed by atoms with Crippen LogP contribution in [0.4, 0.5) is 5.95 Å². The molecule has 0 radical (unpaired) electrons. The first-order valence-electron chi connectivity index (χ1n) is 10.7. The van der Waals surface area contributed by atoms with Crippen LogP contribution in [0.1, 0.15) is 29.3 Å². The minimum Gasteiger partial charge on any atom is -0.489 e. The van der Waals surface area contributed by atoms with E-state index in [0.717, 1.165) is 11.8 Å². The molecule has 0 fully saturated rings. The minimum atomic E-state index is -3.49. The number of aliphatic hydroxyl groups excluding tert-OH is 1. The molecule has 0 bridgehead atoms. The highest BCUT2D eigenvalue weighted by atomic mass is 35.5. The molecular weight excluding hydrogens is 527 g/mol. The molecule has 0 spiro atoms. The molecule has 1 unspecified atom stereocenters. The van der Waals surface area contributed by atoms with Crippen LogP contribution in [0.3, 0.4) is 0 Å². The van der Waals surface area contributed by atoms with E-state index < -0.39 is 15.4 Å². The molecule has 3 rings (SSSR count). The number of nitrogens with zero attached hydrogens (tertiary/aromatic N) is 3. The number of ether oxygens (including phenoxy) is 2. The van der Waals surface area contributed by atoms with Gasteiger partial charge in [-0.05, 0) is 48.4 Å². The molecule has 0 saturated carbocycles. The van der Waals surface area contributed by atoms with Crippen LogP contribution in [0, 0.1) is 11.3 Å². The maximum absolute atomic E-state index is 11.4. The number of hydrogen-bond donors (Lipinski definition) is 2. The van der Waals surface area contributed by atoms with Crippen molar-refractivity contribution >= 4 is 39.2 Å². The van der Waals surface area contributed by atoms with Crippen molar-refractivity contribution in [1.29, 1.82) is 5.26 Å². The smallest absolute Gasteiger partial charge is 0.236 e. The number of sulfonamides is 1. The standard InChI is InChI=1S/C24H24Cl2N4O5S/c1-24(15-31,18-11-16(13-27)22(21(26)12-18)34-10-8-25)17-3-5-20(6-4-17)35-14-19-7-9-28-23(29-19)30-36(2,32)33/h3-7,9,11-12,31H,8,10,14-15H2,1-2H3,(H,28,29,30). The molecule has 12 heteroatoms. The Bertz CT molecular complexity index is 1360. The number of anilines is 1. The molecule has 2 N–H and O–H groups in total. The fourth-order valence-electron chi connectivity index (χ4n) is 3.40. The van der Waals surface area contributed by atoms with E-state index in [1.54, 1.807) is 42.5 Å². The zero-order chi connectivity index (χ0) is 26.3. The lowest BCUT2D eigenvalue weighted by molar-refractivity contribution is 0.231. The number of nitriles is 1. The van der Waals surface area contributed by atoms with Crippen LogP contribution in [0.25, 0.3) is 0 Å². The topological polar surface area (TPSA) is 134 Å². The Balaban J connectivity index is 1.80. The van der Waals surface area contributed by atoms with Gasteiger partial charge in [0, 0.05) is 11.6 Å². The fourth-order valence-corrected chi connectivity index (χ4v) is 4.18. The Morgan fingerprint density at radius 2 is 1.89 bits per heavy atom. The number of rotatable bonds is 11. The first-order valence-corrected chi connectivity index (χ1v) is 13.5. The van der Waals surface area contributed by atoms with E-state index in [0.29, 0.717) is 17.0 Å². The third kappa shape index (κ3) is 6.77. The largest absolute Gasteiger partial charge is 0.489 e. The van der Waals surface area contributed by atoms with Gasteiger partial charge in [-0.15, -0.1) is 11.6 Å². The summed E-state index contributed by atoms with van der Waals surface area (Å²) < 4.78 is 36.2. The van der Waals surface area contributed by atoms with Crippen LogP contribution in [0.2, 0.25) is 5.02 Å². The lowest BCUT2D eigenvalue weighted by atomic mass is 9.76. The second-order valence-electron chi connectivity index (χ2n) is 8.03. The third-order valence-electron chi connectivity index (χ3n) is 5.31. The van der Waals surface area contributed by atoms with Crippen molar-refractivity contribution in [3.05, 3.63) is 76.1 Å². The van der Waals surface area contributed by atoms with E-state index in [9.17, 15) is 18.8 Å². The Labute approximate surface area is 219 Å². The summed E-state index contributed by atoms with van der Waals surface area (Å²) in [5.74, 6) is 1.01. The number of aromatic nitrogens is 2. The highest BCUT2D eigenvalue weighted by Gasteiger charge is 2.30. The lowest BCUT2D eigenvalue weighted by Crippen LogP contribution is -2.28. The summed E-state index contributed by atoms with van der Waals surface area (Å²) in [6.45, 7) is 1.89. The van der Waals surface area contributed by atoms with Crippen LogP contribution >= 0.6 is 23.2 Å². The van der Waals surface area contributed by atoms with Crippen molar-refractivity contribution in [2.75, 3.05) is 30.1 Å². The van der Waals surface area contributed by atoms with Crippen molar-refractivity contribution in [3.8, 4) is 17.6 Å². The van der Waals surface area contributed by atoms with Crippen LogP contribution in [0.15, 0.2) is 48.7 Å². The van der Waals surface area contributed by atoms with Crippen molar-refractivity contribution in [3.63, 3.8) is 0 Å². The van der Waals surface area contributed by atoms with Gasteiger partial charge in [0.2, 0.25) is 16.0 Å². The predicted octanol–water partition coefficient (Wildman–Crippen LogP) is 3.87. The maximum Gasteiger partial charge on any atom is 0.236 e. The molecule has 0 saturated heterocycles. The Morgan fingerprint density at radius 1 is 1.17 bits per heavy atom. The van der Waals surface area contributed by atoms with Gasteiger partial charge < -0.3 is 14.6 Å². The molecular formula is C24H24Cl2N4O5S. The van der Waals surface area contributed by atoms with Crippen molar-refractivity contribution in [2.24, 2.45) is 0 Å². The SMILES string of the molecule is CC(CO)(c1ccc(OCc2ccnc(NS(C)(=O)=O)n2)cc1)c1cc(Cl)c(OCCCl)c(C#N)c1. The van der Waals surface area contributed by atoms with E-state index in [-0.39, 0.29) is 48.0 Å². The molecule has 1 heterocycles. The van der Waals surface area contributed by atoms with E-state index in [1.165, 1.54) is 6.20 Å². The number of aliphatic hydroxyl groups is 1. The number of benzene rings is 2. The Morgan fingerprint density at radius 3 is 2.50 bits per heavy atom. The van der Waals surface area contributed by atoms with E-state index >= 15 is 0 Å². The molecule has 0 aliphatic rings. The first kappa shape index (κ1) is 27.5. The van der Waals surface area contributed by atoms with Gasteiger partial charge in [0.15, 0.2) is 5.75 Å². The maximum atomic E-state index is 11.4. The molecule has 0 aliphatic heterocycles. The summed E-state index contributed by atoms with van der Waals surface area (Å²) in [4.78, 5) is 7.99. The summed E-state index contributed by atoms with van der Waals surface area (Å²) in [5, 5.41) is 20.2. The Hall–Kier alpha value is -3.10. The van der Waals surface area contributed by atoms with Gasteiger partial charge in [-0.1, -0.05) is 23.7 Å². The summed E-state index contributed by atoms with van der Waals surface area (Å²) in [6.07, 6.45) is 2.45. The zero-order valence-electron chi connectivity index (χ0n) is 19.5. The van der Waals surface area contributed by atoms with Gasteiger partial charge >= 0.3 is 0 Å². The number of nitrogens with one attached hydrogen (secondary N) is 1. The molecule has 1 aromatic heterocycles. The van der Waals surface area contributed by atoms with Gasteiger partial charge in [-0.2, -0.15) is 5.26 Å². The molecule has 9 nitrogen and oxygen atoms in total. The second kappa shape index (κ2) is 11.8. The summed E-state index contributed by atoms with van der Waals surface area (Å²) in [5.41, 5.74) is 1.28. The van der Waals surface area contributed by atoms with Crippen molar-refractivity contribution in [2.45, 2.75) is 18.9 Å². The third-order valence-corrected chi connectivity index (χ3v) is 6.30. The Kier molecular flexibility index (Phi) is 8.98. The summed E-state index contributed by atoms with van der Waals surface area (Å²) in [7, 11) is -3.49.